The number of nitrogens with one attached hydrogen (secondary N) is 3. The number of anilines is 1. The van der Waals surface area contributed by atoms with Crippen LogP contribution in [0.1, 0.15) is 59.0 Å². The van der Waals surface area contributed by atoms with Crippen molar-refractivity contribution in [2.75, 3.05) is 18.4 Å². The number of imide groups is 2. The molecule has 4 heterocycles. The first-order valence-corrected chi connectivity index (χ1v) is 11.5. The van der Waals surface area contributed by atoms with E-state index in [0.717, 1.165) is 36.5 Å². The van der Waals surface area contributed by atoms with Crippen LogP contribution in [-0.4, -0.2) is 68.6 Å². The summed E-state index contributed by atoms with van der Waals surface area (Å²) in [4.78, 5) is 63.5. The van der Waals surface area contributed by atoms with Gasteiger partial charge in [-0.25, -0.2) is 4.68 Å². The van der Waals surface area contributed by atoms with Crippen LogP contribution in [-0.2, 0) is 26.3 Å². The van der Waals surface area contributed by atoms with Crippen molar-refractivity contribution in [1.29, 1.82) is 0 Å². The molecule has 3 aliphatic rings. The Hall–Kier alpha value is -3.93. The maximum absolute atomic E-state index is 13.2. The molecule has 0 radical (unpaired) electrons. The zero-order chi connectivity index (χ0) is 24.7. The highest BCUT2D eigenvalue weighted by atomic mass is 16.2. The average Bonchev–Trinajstić information content (AvgIpc) is 3.39. The van der Waals surface area contributed by atoms with Crippen LogP contribution in [0.3, 0.4) is 0 Å². The first kappa shape index (κ1) is 22.8. The van der Waals surface area contributed by atoms with Gasteiger partial charge in [-0.05, 0) is 44.5 Å². The maximum atomic E-state index is 13.2. The Bertz CT molecular complexity index is 1250. The van der Waals surface area contributed by atoms with Crippen molar-refractivity contribution in [3.63, 3.8) is 0 Å². The van der Waals surface area contributed by atoms with Crippen molar-refractivity contribution in [3.8, 4) is 0 Å². The summed E-state index contributed by atoms with van der Waals surface area (Å²) in [6.45, 7) is 3.80. The molecule has 1 aromatic carbocycles. The van der Waals surface area contributed by atoms with Crippen molar-refractivity contribution in [2.24, 2.45) is 0 Å². The van der Waals surface area contributed by atoms with E-state index in [1.165, 1.54) is 16.8 Å². The fraction of sp³-hybridized carbons (Fsp3) is 0.435. The predicted molar refractivity (Wildman–Crippen MR) is 121 cm³/mol. The quantitative estimate of drug-likeness (QED) is 0.505. The van der Waals surface area contributed by atoms with E-state index < -0.39 is 35.6 Å². The van der Waals surface area contributed by atoms with Gasteiger partial charge in [-0.1, -0.05) is 18.2 Å². The van der Waals surface area contributed by atoms with Crippen LogP contribution in [0.15, 0.2) is 24.4 Å². The van der Waals surface area contributed by atoms with Crippen LogP contribution in [0.2, 0.25) is 0 Å². The third-order valence-corrected chi connectivity index (χ3v) is 6.91. The fourth-order valence-electron chi connectivity index (χ4n) is 4.84. The number of fused-ring (bicyclic) bond motifs is 1. The molecule has 3 aliphatic heterocycles. The fourth-order valence-corrected chi connectivity index (χ4v) is 4.84. The van der Waals surface area contributed by atoms with Crippen LogP contribution >= 0.6 is 0 Å². The highest BCUT2D eigenvalue weighted by Crippen LogP contribution is 2.33. The molecule has 0 saturated carbocycles. The average molecular weight is 479 g/mol. The molecule has 0 bridgehead atoms. The second-order valence-corrected chi connectivity index (χ2v) is 9.34. The van der Waals surface area contributed by atoms with Gasteiger partial charge in [0.05, 0.1) is 22.5 Å². The number of carbonyl (C=O) groups is 5. The van der Waals surface area contributed by atoms with Gasteiger partial charge < -0.3 is 10.6 Å². The maximum Gasteiger partial charge on any atom is 0.264 e. The van der Waals surface area contributed by atoms with Gasteiger partial charge in [0.25, 0.3) is 11.8 Å². The number of aromatic nitrogens is 3. The number of piperidine rings is 2. The van der Waals surface area contributed by atoms with Gasteiger partial charge in [-0.2, -0.15) is 0 Å². The number of amides is 5. The molecule has 0 aliphatic carbocycles. The van der Waals surface area contributed by atoms with Crippen LogP contribution in [0, 0.1) is 0 Å². The minimum absolute atomic E-state index is 0.0250. The zero-order valence-electron chi connectivity index (χ0n) is 19.2. The van der Waals surface area contributed by atoms with Gasteiger partial charge >= 0.3 is 0 Å². The predicted octanol–water partition coefficient (Wildman–Crippen LogP) is -0.0409. The molecule has 5 rings (SSSR count). The lowest BCUT2D eigenvalue weighted by atomic mass is 9.78. The Morgan fingerprint density at radius 2 is 1.94 bits per heavy atom. The van der Waals surface area contributed by atoms with Gasteiger partial charge in [0.1, 0.15) is 12.6 Å². The highest BCUT2D eigenvalue weighted by Gasteiger charge is 2.45. The Kier molecular flexibility index (Phi) is 5.67. The molecule has 2 aromatic rings. The Morgan fingerprint density at radius 3 is 2.69 bits per heavy atom. The molecule has 0 spiro atoms. The smallest absolute Gasteiger partial charge is 0.264 e. The third kappa shape index (κ3) is 4.09. The van der Waals surface area contributed by atoms with Crippen molar-refractivity contribution in [2.45, 2.75) is 50.6 Å². The van der Waals surface area contributed by atoms with Crippen molar-refractivity contribution < 1.29 is 24.0 Å². The lowest BCUT2D eigenvalue weighted by Crippen LogP contribution is -2.54. The number of rotatable bonds is 5. The summed E-state index contributed by atoms with van der Waals surface area (Å²) in [6, 6.07) is 3.48. The number of hydrogen-bond donors (Lipinski definition) is 3. The van der Waals surface area contributed by atoms with Gasteiger partial charge in [0.2, 0.25) is 17.7 Å². The number of carbonyl (C=O) groups excluding carboxylic acids is 5. The van der Waals surface area contributed by atoms with Gasteiger partial charge in [0, 0.05) is 18.0 Å². The van der Waals surface area contributed by atoms with E-state index in [0.29, 0.717) is 0 Å². The van der Waals surface area contributed by atoms with Crippen LogP contribution in [0.25, 0.3) is 0 Å². The number of nitrogens with zero attached hydrogens (tertiary/aromatic N) is 4. The molecule has 1 atom stereocenters. The second kappa shape index (κ2) is 8.69. The molecule has 2 fully saturated rings. The molecular weight excluding hydrogens is 454 g/mol. The molecule has 5 amide bonds. The minimum Gasteiger partial charge on any atom is -0.324 e. The van der Waals surface area contributed by atoms with E-state index in [1.54, 1.807) is 12.3 Å². The van der Waals surface area contributed by atoms with Gasteiger partial charge in [-0.15, -0.1) is 5.10 Å². The minimum atomic E-state index is -1.08. The lowest BCUT2D eigenvalue weighted by Gasteiger charge is -2.31. The van der Waals surface area contributed by atoms with Crippen LogP contribution < -0.4 is 16.0 Å². The van der Waals surface area contributed by atoms with Crippen molar-refractivity contribution >= 4 is 35.2 Å². The summed E-state index contributed by atoms with van der Waals surface area (Å²) >= 11 is 0. The molecule has 12 nitrogen and oxygen atoms in total. The first-order valence-electron chi connectivity index (χ1n) is 11.5. The number of benzene rings is 1. The van der Waals surface area contributed by atoms with E-state index in [4.69, 9.17) is 0 Å². The highest BCUT2D eigenvalue weighted by molar-refractivity contribution is 6.26. The van der Waals surface area contributed by atoms with Crippen LogP contribution in [0.4, 0.5) is 5.69 Å². The summed E-state index contributed by atoms with van der Waals surface area (Å²) in [5, 5.41) is 16.5. The SMILES string of the molecule is CC1(c2cn(CC(=O)Nc3cccc4c3C(=O)N(C3CCC(=O)NC3=O)C4=O)nn2)CCNCC1. The lowest BCUT2D eigenvalue weighted by molar-refractivity contribution is -0.136. The largest absolute Gasteiger partial charge is 0.324 e. The van der Waals surface area contributed by atoms with Crippen LogP contribution in [0.5, 0.6) is 0 Å². The molecule has 182 valence electrons. The summed E-state index contributed by atoms with van der Waals surface area (Å²) in [5.74, 6) is -2.89. The van der Waals surface area contributed by atoms with Crippen molar-refractivity contribution in [3.05, 3.63) is 41.2 Å². The normalized spacial score (nSPS) is 21.6. The Morgan fingerprint density at radius 1 is 1.17 bits per heavy atom. The summed E-state index contributed by atoms with van der Waals surface area (Å²) in [5.41, 5.74) is 1.02. The zero-order valence-corrected chi connectivity index (χ0v) is 19.2. The van der Waals surface area contributed by atoms with E-state index in [-0.39, 0.29) is 41.6 Å². The molecular formula is C23H25N7O5. The molecule has 35 heavy (non-hydrogen) atoms. The standard InChI is InChI=1S/C23H25N7O5/c1-23(7-9-24-10-8-23)16-11-29(28-27-16)12-18(32)25-14-4-2-3-13-19(14)22(35)30(21(13)34)15-5-6-17(31)26-20(15)33/h2-4,11,15,24H,5-10,12H2,1H3,(H,25,32)(H,26,31,33). The topological polar surface area (TPSA) is 155 Å². The molecule has 2 saturated heterocycles. The summed E-state index contributed by atoms with van der Waals surface area (Å²) in [7, 11) is 0. The monoisotopic (exact) mass is 479 g/mol. The molecule has 1 unspecified atom stereocenters. The van der Waals surface area contributed by atoms with E-state index in [9.17, 15) is 24.0 Å². The van der Waals surface area contributed by atoms with Gasteiger partial charge in [0.15, 0.2) is 0 Å². The van der Waals surface area contributed by atoms with E-state index >= 15 is 0 Å². The Balaban J connectivity index is 1.31. The second-order valence-electron chi connectivity index (χ2n) is 9.34. The summed E-state index contributed by atoms with van der Waals surface area (Å²) in [6.07, 6.45) is 3.70. The Labute approximate surface area is 200 Å². The first-order chi connectivity index (χ1) is 16.8. The van der Waals surface area contributed by atoms with E-state index in [1.807, 2.05) is 0 Å². The molecule has 3 N–H and O–H groups in total. The number of hydrogen-bond acceptors (Lipinski definition) is 8. The molecule has 1 aromatic heterocycles. The summed E-state index contributed by atoms with van der Waals surface area (Å²) < 4.78 is 1.45. The van der Waals surface area contributed by atoms with Crippen molar-refractivity contribution in [1.82, 2.24) is 30.5 Å². The van der Waals surface area contributed by atoms with Gasteiger partial charge in [-0.3, -0.25) is 34.2 Å². The third-order valence-electron chi connectivity index (χ3n) is 6.91. The molecule has 12 heteroatoms. The van der Waals surface area contributed by atoms with E-state index in [2.05, 4.69) is 33.2 Å².